The lowest BCUT2D eigenvalue weighted by Crippen LogP contribution is -2.33. The lowest BCUT2D eigenvalue weighted by molar-refractivity contribution is 0.172. The highest BCUT2D eigenvalue weighted by atomic mass is 16.4. The van der Waals surface area contributed by atoms with Gasteiger partial charge in [-0.05, 0) is 42.9 Å². The van der Waals surface area contributed by atoms with Crippen LogP contribution in [0.25, 0.3) is 0 Å². The first-order chi connectivity index (χ1) is 9.19. The van der Waals surface area contributed by atoms with Crippen molar-refractivity contribution in [1.29, 1.82) is 0 Å². The Balaban J connectivity index is 1.82. The number of rotatable bonds is 5. The minimum absolute atomic E-state index is 0.561. The second kappa shape index (κ2) is 7.08. The van der Waals surface area contributed by atoms with Gasteiger partial charge in [0, 0.05) is 6.54 Å². The lowest BCUT2D eigenvalue weighted by Gasteiger charge is -2.31. The summed E-state index contributed by atoms with van der Waals surface area (Å²) in [6.07, 6.45) is 5.31. The largest absolute Gasteiger partial charge is 0.488 e. The van der Waals surface area contributed by atoms with Crippen molar-refractivity contribution in [2.45, 2.75) is 39.2 Å². The zero-order valence-corrected chi connectivity index (χ0v) is 11.8. The highest BCUT2D eigenvalue weighted by Crippen LogP contribution is 2.22. The van der Waals surface area contributed by atoms with E-state index in [4.69, 9.17) is 10.0 Å². The Kier molecular flexibility index (Phi) is 5.43. The van der Waals surface area contributed by atoms with Gasteiger partial charge in [-0.1, -0.05) is 44.0 Å². The van der Waals surface area contributed by atoms with E-state index in [0.717, 1.165) is 12.5 Å². The molecule has 2 N–H and O–H groups in total. The van der Waals surface area contributed by atoms with Gasteiger partial charge in [0.2, 0.25) is 0 Å². The Bertz CT molecular complexity index is 372. The number of likely N-dealkylation sites (tertiary alicyclic amines) is 1. The van der Waals surface area contributed by atoms with E-state index >= 15 is 0 Å². The molecule has 0 aromatic heterocycles. The third kappa shape index (κ3) is 4.34. The van der Waals surface area contributed by atoms with Gasteiger partial charge >= 0.3 is 7.12 Å². The highest BCUT2D eigenvalue weighted by molar-refractivity contribution is 6.58. The van der Waals surface area contributed by atoms with Crippen molar-refractivity contribution in [3.63, 3.8) is 0 Å². The van der Waals surface area contributed by atoms with E-state index in [0.29, 0.717) is 5.46 Å². The first kappa shape index (κ1) is 14.6. The standard InChI is InChI=1S/C15H24BNO2/c1-2-3-13-8-10-17(11-9-13)12-14-4-6-15(7-5-14)16(18)19/h4-7,13,18-19H,2-3,8-12H2,1H3. The zero-order chi connectivity index (χ0) is 13.7. The average molecular weight is 261 g/mol. The molecule has 3 nitrogen and oxygen atoms in total. The third-order valence-corrected chi connectivity index (χ3v) is 4.09. The molecule has 0 saturated carbocycles. The SMILES string of the molecule is CCCC1CCN(Cc2ccc(B(O)O)cc2)CC1. The van der Waals surface area contributed by atoms with Crippen molar-refractivity contribution in [2.24, 2.45) is 5.92 Å². The topological polar surface area (TPSA) is 43.7 Å². The van der Waals surface area contributed by atoms with Gasteiger partial charge in [0.25, 0.3) is 0 Å². The molecule has 2 rings (SSSR count). The predicted octanol–water partition coefficient (Wildman–Crippen LogP) is 1.38. The van der Waals surface area contributed by atoms with Crippen molar-refractivity contribution in [3.8, 4) is 0 Å². The second-order valence-corrected chi connectivity index (χ2v) is 5.62. The molecular weight excluding hydrogens is 237 g/mol. The maximum absolute atomic E-state index is 9.06. The van der Waals surface area contributed by atoms with E-state index in [2.05, 4.69) is 11.8 Å². The molecule has 1 saturated heterocycles. The van der Waals surface area contributed by atoms with Crippen molar-refractivity contribution < 1.29 is 10.0 Å². The first-order valence-electron chi connectivity index (χ1n) is 7.36. The number of piperidine rings is 1. The van der Waals surface area contributed by atoms with Crippen LogP contribution >= 0.6 is 0 Å². The molecule has 0 amide bonds. The molecule has 1 aromatic rings. The van der Waals surface area contributed by atoms with Gasteiger partial charge in [-0.2, -0.15) is 0 Å². The molecule has 104 valence electrons. The zero-order valence-electron chi connectivity index (χ0n) is 11.8. The number of nitrogens with zero attached hydrogens (tertiary/aromatic N) is 1. The molecule has 1 aliphatic rings. The second-order valence-electron chi connectivity index (χ2n) is 5.62. The monoisotopic (exact) mass is 261 g/mol. The van der Waals surface area contributed by atoms with E-state index < -0.39 is 7.12 Å². The molecule has 1 fully saturated rings. The summed E-state index contributed by atoms with van der Waals surface area (Å²) >= 11 is 0. The van der Waals surface area contributed by atoms with Crippen molar-refractivity contribution >= 4 is 12.6 Å². The fourth-order valence-electron chi connectivity index (χ4n) is 2.89. The van der Waals surface area contributed by atoms with Gasteiger partial charge in [-0.25, -0.2) is 0 Å². The number of hydrogen-bond acceptors (Lipinski definition) is 3. The van der Waals surface area contributed by atoms with Gasteiger partial charge < -0.3 is 10.0 Å². The summed E-state index contributed by atoms with van der Waals surface area (Å²) in [6, 6.07) is 7.58. The van der Waals surface area contributed by atoms with Crippen molar-refractivity contribution in [2.75, 3.05) is 13.1 Å². The smallest absolute Gasteiger partial charge is 0.423 e. The molecule has 0 unspecified atom stereocenters. The number of hydrogen-bond donors (Lipinski definition) is 2. The Hall–Kier alpha value is -0.835. The molecule has 0 spiro atoms. The van der Waals surface area contributed by atoms with Gasteiger partial charge in [0.15, 0.2) is 0 Å². The van der Waals surface area contributed by atoms with E-state index in [1.54, 1.807) is 12.1 Å². The normalized spacial score (nSPS) is 17.6. The molecular formula is C15H24BNO2. The Morgan fingerprint density at radius 1 is 1.16 bits per heavy atom. The molecule has 1 heterocycles. The summed E-state index contributed by atoms with van der Waals surface area (Å²) in [6.45, 7) is 5.62. The van der Waals surface area contributed by atoms with Crippen molar-refractivity contribution in [3.05, 3.63) is 29.8 Å². The van der Waals surface area contributed by atoms with Crippen molar-refractivity contribution in [1.82, 2.24) is 4.90 Å². The summed E-state index contributed by atoms with van der Waals surface area (Å²) < 4.78 is 0. The van der Waals surface area contributed by atoms with Gasteiger partial charge in [0.05, 0.1) is 0 Å². The third-order valence-electron chi connectivity index (χ3n) is 4.09. The van der Waals surface area contributed by atoms with E-state index in [9.17, 15) is 0 Å². The van der Waals surface area contributed by atoms with E-state index in [1.165, 1.54) is 44.3 Å². The summed E-state index contributed by atoms with van der Waals surface area (Å²) in [5.74, 6) is 0.924. The van der Waals surface area contributed by atoms with Crippen LogP contribution in [0.1, 0.15) is 38.2 Å². The van der Waals surface area contributed by atoms with Gasteiger partial charge in [-0.15, -0.1) is 0 Å². The number of benzene rings is 1. The minimum atomic E-state index is -1.36. The van der Waals surface area contributed by atoms with Gasteiger partial charge in [0.1, 0.15) is 0 Å². The summed E-state index contributed by atoms with van der Waals surface area (Å²) in [5, 5.41) is 18.1. The van der Waals surface area contributed by atoms with Gasteiger partial charge in [-0.3, -0.25) is 4.90 Å². The fraction of sp³-hybridized carbons (Fsp3) is 0.600. The average Bonchev–Trinajstić information content (AvgIpc) is 2.42. The maximum atomic E-state index is 9.06. The van der Waals surface area contributed by atoms with Crippen LogP contribution in [0, 0.1) is 5.92 Å². The molecule has 1 aromatic carbocycles. The van der Waals surface area contributed by atoms with Crippen LogP contribution in [0.2, 0.25) is 0 Å². The van der Waals surface area contributed by atoms with E-state index in [1.807, 2.05) is 12.1 Å². The van der Waals surface area contributed by atoms with Crippen LogP contribution in [0.5, 0.6) is 0 Å². The van der Waals surface area contributed by atoms with Crippen LogP contribution in [0.3, 0.4) is 0 Å². The van der Waals surface area contributed by atoms with Crippen LogP contribution in [-0.2, 0) is 6.54 Å². The molecule has 0 radical (unpaired) electrons. The summed E-state index contributed by atoms with van der Waals surface area (Å²) in [4.78, 5) is 2.50. The Morgan fingerprint density at radius 3 is 2.32 bits per heavy atom. The quantitative estimate of drug-likeness (QED) is 0.787. The van der Waals surface area contributed by atoms with E-state index in [-0.39, 0.29) is 0 Å². The minimum Gasteiger partial charge on any atom is -0.423 e. The fourth-order valence-corrected chi connectivity index (χ4v) is 2.89. The molecule has 0 atom stereocenters. The Labute approximate surface area is 116 Å². The Morgan fingerprint density at radius 2 is 1.79 bits per heavy atom. The highest BCUT2D eigenvalue weighted by Gasteiger charge is 2.18. The van der Waals surface area contributed by atoms with Crippen LogP contribution in [0.4, 0.5) is 0 Å². The summed E-state index contributed by atoms with van der Waals surface area (Å²) in [7, 11) is -1.36. The first-order valence-corrected chi connectivity index (χ1v) is 7.36. The molecule has 0 aliphatic carbocycles. The van der Waals surface area contributed by atoms with Crippen LogP contribution in [0.15, 0.2) is 24.3 Å². The van der Waals surface area contributed by atoms with Crippen LogP contribution in [-0.4, -0.2) is 35.2 Å². The maximum Gasteiger partial charge on any atom is 0.488 e. The molecule has 19 heavy (non-hydrogen) atoms. The van der Waals surface area contributed by atoms with Crippen LogP contribution < -0.4 is 5.46 Å². The molecule has 4 heteroatoms. The molecule has 1 aliphatic heterocycles. The molecule has 0 bridgehead atoms. The lowest BCUT2D eigenvalue weighted by atomic mass is 9.80. The summed E-state index contributed by atoms with van der Waals surface area (Å²) in [5.41, 5.74) is 1.81. The predicted molar refractivity (Wildman–Crippen MR) is 79.2 cm³/mol.